The Morgan fingerprint density at radius 1 is 1.60 bits per heavy atom. The van der Waals surface area contributed by atoms with Crippen molar-refractivity contribution in [1.29, 1.82) is 0 Å². The lowest BCUT2D eigenvalue weighted by molar-refractivity contribution is 0.280. The van der Waals surface area contributed by atoms with Crippen LogP contribution in [-0.2, 0) is 13.0 Å². The van der Waals surface area contributed by atoms with Crippen molar-refractivity contribution in [1.82, 2.24) is 9.78 Å². The van der Waals surface area contributed by atoms with E-state index in [1.807, 2.05) is 11.6 Å². The summed E-state index contributed by atoms with van der Waals surface area (Å²) in [5.74, 6) is 0.721. The van der Waals surface area contributed by atoms with Gasteiger partial charge in [0.25, 0.3) is 0 Å². The molecule has 1 heterocycles. The van der Waals surface area contributed by atoms with Crippen LogP contribution in [0.15, 0.2) is 0 Å². The van der Waals surface area contributed by atoms with Crippen molar-refractivity contribution in [3.63, 3.8) is 0 Å². The molecular formula is C11H17ClN2O. The van der Waals surface area contributed by atoms with E-state index >= 15 is 0 Å². The minimum absolute atomic E-state index is 0.0145. The average molecular weight is 229 g/mol. The molecule has 1 aromatic heterocycles. The largest absolute Gasteiger partial charge is 0.391 e. The van der Waals surface area contributed by atoms with Gasteiger partial charge in [0.1, 0.15) is 5.15 Å². The number of aryl methyl sites for hydroxylation is 1. The number of rotatable bonds is 4. The molecular weight excluding hydrogens is 212 g/mol. The van der Waals surface area contributed by atoms with Gasteiger partial charge < -0.3 is 5.11 Å². The minimum atomic E-state index is -0.0145. The van der Waals surface area contributed by atoms with Crippen LogP contribution in [-0.4, -0.2) is 14.9 Å². The molecule has 1 aliphatic carbocycles. The smallest absolute Gasteiger partial charge is 0.133 e. The summed E-state index contributed by atoms with van der Waals surface area (Å²) in [6, 6.07) is 0.364. The molecule has 1 aromatic rings. The Morgan fingerprint density at radius 3 is 2.67 bits per heavy atom. The first-order valence-electron chi connectivity index (χ1n) is 5.55. The predicted molar refractivity (Wildman–Crippen MR) is 60.0 cm³/mol. The van der Waals surface area contributed by atoms with Crippen LogP contribution < -0.4 is 0 Å². The van der Waals surface area contributed by atoms with Gasteiger partial charge in [-0.2, -0.15) is 5.10 Å². The van der Waals surface area contributed by atoms with Crippen molar-refractivity contribution in [3.05, 3.63) is 16.4 Å². The highest BCUT2D eigenvalue weighted by atomic mass is 35.5. The van der Waals surface area contributed by atoms with Crippen molar-refractivity contribution in [2.45, 2.75) is 45.8 Å². The molecule has 1 unspecified atom stereocenters. The second-order valence-corrected chi connectivity index (χ2v) is 4.61. The van der Waals surface area contributed by atoms with Crippen molar-refractivity contribution < 1.29 is 5.11 Å². The van der Waals surface area contributed by atoms with E-state index in [-0.39, 0.29) is 6.61 Å². The Kier molecular flexibility index (Phi) is 3.03. The van der Waals surface area contributed by atoms with Crippen LogP contribution in [0.5, 0.6) is 0 Å². The van der Waals surface area contributed by atoms with Gasteiger partial charge in [0, 0.05) is 5.56 Å². The number of aliphatic hydroxyl groups excluding tert-OH is 1. The zero-order chi connectivity index (χ0) is 11.0. The lowest BCUT2D eigenvalue weighted by Crippen LogP contribution is -2.09. The SMILES string of the molecule is CCc1nn(C(C)C2CC2)c(Cl)c1CO. The van der Waals surface area contributed by atoms with Gasteiger partial charge in [-0.3, -0.25) is 4.68 Å². The Balaban J connectivity index is 2.34. The lowest BCUT2D eigenvalue weighted by atomic mass is 10.2. The average Bonchev–Trinajstić information content (AvgIpc) is 3.02. The predicted octanol–water partition coefficient (Wildman–Crippen LogP) is 2.56. The Bertz CT molecular complexity index is 358. The van der Waals surface area contributed by atoms with Crippen LogP contribution in [0.25, 0.3) is 0 Å². The van der Waals surface area contributed by atoms with E-state index in [2.05, 4.69) is 12.0 Å². The van der Waals surface area contributed by atoms with Gasteiger partial charge in [0.2, 0.25) is 0 Å². The van der Waals surface area contributed by atoms with Gasteiger partial charge in [0.15, 0.2) is 0 Å². The molecule has 0 bridgehead atoms. The fourth-order valence-corrected chi connectivity index (χ4v) is 2.34. The maximum absolute atomic E-state index is 9.24. The molecule has 1 atom stereocenters. The number of aliphatic hydroxyl groups is 1. The molecule has 4 heteroatoms. The lowest BCUT2D eigenvalue weighted by Gasteiger charge is -2.11. The van der Waals surface area contributed by atoms with E-state index in [4.69, 9.17) is 11.6 Å². The monoisotopic (exact) mass is 228 g/mol. The van der Waals surface area contributed by atoms with Gasteiger partial charge in [-0.05, 0) is 32.1 Å². The molecule has 84 valence electrons. The molecule has 0 saturated heterocycles. The van der Waals surface area contributed by atoms with Crippen LogP contribution in [0.3, 0.4) is 0 Å². The maximum atomic E-state index is 9.24. The summed E-state index contributed by atoms with van der Waals surface area (Å²) in [7, 11) is 0. The van der Waals surface area contributed by atoms with E-state index in [0.29, 0.717) is 11.2 Å². The Hall–Kier alpha value is -0.540. The van der Waals surface area contributed by atoms with Crippen LogP contribution >= 0.6 is 11.6 Å². The third-order valence-corrected chi connectivity index (χ3v) is 3.61. The minimum Gasteiger partial charge on any atom is -0.391 e. The summed E-state index contributed by atoms with van der Waals surface area (Å²) in [6.45, 7) is 4.17. The summed E-state index contributed by atoms with van der Waals surface area (Å²) >= 11 is 6.22. The highest BCUT2D eigenvalue weighted by Crippen LogP contribution is 2.41. The van der Waals surface area contributed by atoms with Gasteiger partial charge in [-0.15, -0.1) is 0 Å². The van der Waals surface area contributed by atoms with Crippen molar-refractivity contribution in [2.24, 2.45) is 5.92 Å². The first kappa shape index (κ1) is 11.0. The molecule has 0 aliphatic heterocycles. The van der Waals surface area contributed by atoms with Crippen molar-refractivity contribution in [3.8, 4) is 0 Å². The maximum Gasteiger partial charge on any atom is 0.133 e. The first-order valence-corrected chi connectivity index (χ1v) is 5.93. The zero-order valence-corrected chi connectivity index (χ0v) is 9.96. The van der Waals surface area contributed by atoms with E-state index in [1.165, 1.54) is 12.8 Å². The molecule has 15 heavy (non-hydrogen) atoms. The quantitative estimate of drug-likeness (QED) is 0.860. The third kappa shape index (κ3) is 1.91. The molecule has 0 spiro atoms. The van der Waals surface area contributed by atoms with Gasteiger partial charge in [-0.1, -0.05) is 18.5 Å². The Morgan fingerprint density at radius 2 is 2.27 bits per heavy atom. The number of nitrogens with zero attached hydrogens (tertiary/aromatic N) is 2. The van der Waals surface area contributed by atoms with Crippen LogP contribution in [0.2, 0.25) is 5.15 Å². The molecule has 1 fully saturated rings. The number of aromatic nitrogens is 2. The molecule has 2 rings (SSSR count). The van der Waals surface area contributed by atoms with Crippen LogP contribution in [0.1, 0.15) is 44.0 Å². The van der Waals surface area contributed by atoms with E-state index in [1.54, 1.807) is 0 Å². The standard InChI is InChI=1S/C11H17ClN2O/c1-3-10-9(6-15)11(12)14(13-10)7(2)8-4-5-8/h7-8,15H,3-6H2,1-2H3. The summed E-state index contributed by atoms with van der Waals surface area (Å²) in [6.07, 6.45) is 3.36. The number of halogens is 1. The number of hydrogen-bond donors (Lipinski definition) is 1. The van der Waals surface area contributed by atoms with Crippen LogP contribution in [0.4, 0.5) is 0 Å². The summed E-state index contributed by atoms with van der Waals surface area (Å²) < 4.78 is 1.88. The van der Waals surface area contributed by atoms with Gasteiger partial charge in [0.05, 0.1) is 18.3 Å². The van der Waals surface area contributed by atoms with E-state index in [9.17, 15) is 5.11 Å². The molecule has 0 aromatic carbocycles. The molecule has 0 radical (unpaired) electrons. The fourth-order valence-electron chi connectivity index (χ4n) is 1.98. The molecule has 1 saturated carbocycles. The summed E-state index contributed by atoms with van der Waals surface area (Å²) in [4.78, 5) is 0. The van der Waals surface area contributed by atoms with Crippen LogP contribution in [0, 0.1) is 5.92 Å². The highest BCUT2D eigenvalue weighted by molar-refractivity contribution is 6.30. The van der Waals surface area contributed by atoms with Crippen molar-refractivity contribution >= 4 is 11.6 Å². The van der Waals surface area contributed by atoms with Gasteiger partial charge >= 0.3 is 0 Å². The second kappa shape index (κ2) is 4.14. The topological polar surface area (TPSA) is 38.0 Å². The Labute approximate surface area is 95.0 Å². The van der Waals surface area contributed by atoms with E-state index in [0.717, 1.165) is 23.6 Å². The summed E-state index contributed by atoms with van der Waals surface area (Å²) in [5.41, 5.74) is 1.72. The highest BCUT2D eigenvalue weighted by Gasteiger charge is 2.31. The molecule has 3 nitrogen and oxygen atoms in total. The first-order chi connectivity index (χ1) is 7.19. The van der Waals surface area contributed by atoms with E-state index < -0.39 is 0 Å². The number of hydrogen-bond acceptors (Lipinski definition) is 2. The fraction of sp³-hybridized carbons (Fsp3) is 0.727. The summed E-state index contributed by atoms with van der Waals surface area (Å²) in [5, 5.41) is 14.3. The second-order valence-electron chi connectivity index (χ2n) is 4.25. The van der Waals surface area contributed by atoms with Crippen molar-refractivity contribution in [2.75, 3.05) is 0 Å². The van der Waals surface area contributed by atoms with Gasteiger partial charge in [-0.25, -0.2) is 0 Å². The molecule has 1 N–H and O–H groups in total. The normalized spacial score (nSPS) is 18.1. The molecule has 0 amide bonds. The molecule has 1 aliphatic rings. The third-order valence-electron chi connectivity index (χ3n) is 3.21. The zero-order valence-electron chi connectivity index (χ0n) is 9.20.